The molecule has 3 N–H and O–H groups in total. The average Bonchev–Trinajstić information content (AvgIpc) is 2.89. The topological polar surface area (TPSA) is 85.3 Å². The molecular weight excluding hydrogens is 264 g/mol. The standard InChI is InChI=1S/C13H22N2O3S/c1-2-10-3-5-11(6-4-10)15-19(16,17)13-8-7-12(9-14)18-13/h7-8,10-11,15H,2-6,9,14H2,1H3. The van der Waals surface area contributed by atoms with E-state index in [9.17, 15) is 8.42 Å². The molecule has 0 amide bonds. The molecule has 0 radical (unpaired) electrons. The fourth-order valence-electron chi connectivity index (χ4n) is 2.58. The van der Waals surface area contributed by atoms with Crippen molar-refractivity contribution in [2.75, 3.05) is 0 Å². The number of nitrogens with two attached hydrogens (primary N) is 1. The van der Waals surface area contributed by atoms with E-state index < -0.39 is 10.0 Å². The molecule has 1 aromatic heterocycles. The summed E-state index contributed by atoms with van der Waals surface area (Å²) < 4.78 is 32.2. The lowest BCUT2D eigenvalue weighted by molar-refractivity contribution is 0.304. The van der Waals surface area contributed by atoms with Gasteiger partial charge in [-0.2, -0.15) is 0 Å². The zero-order valence-electron chi connectivity index (χ0n) is 11.3. The number of rotatable bonds is 5. The van der Waals surface area contributed by atoms with Gasteiger partial charge in [-0.05, 0) is 43.7 Å². The van der Waals surface area contributed by atoms with E-state index >= 15 is 0 Å². The van der Waals surface area contributed by atoms with E-state index in [2.05, 4.69) is 11.6 Å². The van der Waals surface area contributed by atoms with Gasteiger partial charge in [0.25, 0.3) is 10.0 Å². The smallest absolute Gasteiger partial charge is 0.274 e. The number of hydrogen-bond donors (Lipinski definition) is 2. The third-order valence-electron chi connectivity index (χ3n) is 3.85. The van der Waals surface area contributed by atoms with Crippen molar-refractivity contribution in [3.05, 3.63) is 17.9 Å². The van der Waals surface area contributed by atoms with E-state index in [-0.39, 0.29) is 17.7 Å². The van der Waals surface area contributed by atoms with Crippen LogP contribution in [0.5, 0.6) is 0 Å². The number of nitrogens with one attached hydrogen (secondary N) is 1. The minimum absolute atomic E-state index is 0.0271. The quantitative estimate of drug-likeness (QED) is 0.866. The molecule has 19 heavy (non-hydrogen) atoms. The lowest BCUT2D eigenvalue weighted by Crippen LogP contribution is -2.37. The maximum Gasteiger partial charge on any atom is 0.274 e. The van der Waals surface area contributed by atoms with Crippen molar-refractivity contribution >= 4 is 10.0 Å². The Hall–Kier alpha value is -0.850. The highest BCUT2D eigenvalue weighted by Gasteiger charge is 2.26. The van der Waals surface area contributed by atoms with Crippen molar-refractivity contribution in [2.24, 2.45) is 11.7 Å². The summed E-state index contributed by atoms with van der Waals surface area (Å²) in [5.41, 5.74) is 5.41. The molecule has 5 nitrogen and oxygen atoms in total. The van der Waals surface area contributed by atoms with Gasteiger partial charge in [-0.3, -0.25) is 0 Å². The van der Waals surface area contributed by atoms with E-state index in [1.807, 2.05) is 0 Å². The number of sulfonamides is 1. The van der Waals surface area contributed by atoms with Gasteiger partial charge in [0.1, 0.15) is 5.76 Å². The lowest BCUT2D eigenvalue weighted by atomic mass is 9.85. The molecule has 1 aromatic rings. The summed E-state index contributed by atoms with van der Waals surface area (Å²) in [6.07, 6.45) is 5.17. The molecule has 0 unspecified atom stereocenters. The molecule has 0 spiro atoms. The highest BCUT2D eigenvalue weighted by atomic mass is 32.2. The highest BCUT2D eigenvalue weighted by Crippen LogP contribution is 2.27. The van der Waals surface area contributed by atoms with Crippen LogP contribution >= 0.6 is 0 Å². The van der Waals surface area contributed by atoms with Gasteiger partial charge in [0, 0.05) is 6.04 Å². The van der Waals surface area contributed by atoms with Crippen LogP contribution in [-0.4, -0.2) is 14.5 Å². The molecule has 1 fully saturated rings. The molecule has 1 heterocycles. The summed E-state index contributed by atoms with van der Waals surface area (Å²) in [5.74, 6) is 1.23. The van der Waals surface area contributed by atoms with Gasteiger partial charge in [-0.25, -0.2) is 13.1 Å². The third-order valence-corrected chi connectivity index (χ3v) is 5.24. The fourth-order valence-corrected chi connectivity index (χ4v) is 3.83. The summed E-state index contributed by atoms with van der Waals surface area (Å²) in [5, 5.41) is -0.0365. The first kappa shape index (κ1) is 14.6. The van der Waals surface area contributed by atoms with Crippen molar-refractivity contribution in [1.82, 2.24) is 4.72 Å². The van der Waals surface area contributed by atoms with Crippen LogP contribution in [0, 0.1) is 5.92 Å². The predicted molar refractivity (Wildman–Crippen MR) is 73.0 cm³/mol. The van der Waals surface area contributed by atoms with Crippen LogP contribution in [0.1, 0.15) is 44.8 Å². The second kappa shape index (κ2) is 6.07. The van der Waals surface area contributed by atoms with Gasteiger partial charge in [-0.15, -0.1) is 0 Å². The molecule has 6 heteroatoms. The predicted octanol–water partition coefficient (Wildman–Crippen LogP) is 1.99. The Bertz CT molecular complexity index is 502. The molecule has 108 valence electrons. The zero-order chi connectivity index (χ0) is 13.9. The SMILES string of the molecule is CCC1CCC(NS(=O)(=O)c2ccc(CN)o2)CC1. The molecule has 1 aliphatic rings. The van der Waals surface area contributed by atoms with Crippen LogP contribution in [0.4, 0.5) is 0 Å². The minimum Gasteiger partial charge on any atom is -0.447 e. The zero-order valence-corrected chi connectivity index (χ0v) is 12.1. The van der Waals surface area contributed by atoms with Gasteiger partial charge < -0.3 is 10.2 Å². The Labute approximate surface area is 114 Å². The Morgan fingerprint density at radius 3 is 2.53 bits per heavy atom. The Morgan fingerprint density at radius 2 is 2.00 bits per heavy atom. The lowest BCUT2D eigenvalue weighted by Gasteiger charge is -2.27. The van der Waals surface area contributed by atoms with E-state index in [0.29, 0.717) is 5.76 Å². The molecule has 1 aliphatic carbocycles. The van der Waals surface area contributed by atoms with Crippen LogP contribution in [0.3, 0.4) is 0 Å². The number of hydrogen-bond acceptors (Lipinski definition) is 4. The normalized spacial score (nSPS) is 24.5. The van der Waals surface area contributed by atoms with Crippen LogP contribution in [0.2, 0.25) is 0 Å². The first-order valence-electron chi connectivity index (χ1n) is 6.86. The first-order chi connectivity index (χ1) is 9.05. The Balaban J connectivity index is 1.98. The molecule has 0 atom stereocenters. The third kappa shape index (κ3) is 3.58. The van der Waals surface area contributed by atoms with Gasteiger partial charge >= 0.3 is 0 Å². The largest absolute Gasteiger partial charge is 0.447 e. The van der Waals surface area contributed by atoms with Crippen LogP contribution in [0.15, 0.2) is 21.6 Å². The maximum atomic E-state index is 12.1. The van der Waals surface area contributed by atoms with Gasteiger partial charge in [-0.1, -0.05) is 13.3 Å². The van der Waals surface area contributed by atoms with E-state index in [1.165, 1.54) is 12.5 Å². The van der Waals surface area contributed by atoms with E-state index in [1.54, 1.807) is 6.07 Å². The van der Waals surface area contributed by atoms with Crippen LogP contribution < -0.4 is 10.5 Å². The molecule has 0 saturated heterocycles. The van der Waals surface area contributed by atoms with Crippen molar-refractivity contribution in [2.45, 2.75) is 56.7 Å². The second-order valence-corrected chi connectivity index (χ2v) is 6.82. The molecule has 0 aliphatic heterocycles. The Kier molecular flexibility index (Phi) is 4.65. The highest BCUT2D eigenvalue weighted by molar-refractivity contribution is 7.89. The van der Waals surface area contributed by atoms with Gasteiger partial charge in [0.2, 0.25) is 5.09 Å². The summed E-state index contributed by atoms with van der Waals surface area (Å²) in [4.78, 5) is 0. The van der Waals surface area contributed by atoms with Crippen molar-refractivity contribution < 1.29 is 12.8 Å². The summed E-state index contributed by atoms with van der Waals surface area (Å²) in [6.45, 7) is 2.39. The molecule has 0 aromatic carbocycles. The summed E-state index contributed by atoms with van der Waals surface area (Å²) in [7, 11) is -3.55. The average molecular weight is 286 g/mol. The first-order valence-corrected chi connectivity index (χ1v) is 8.34. The van der Waals surface area contributed by atoms with E-state index in [4.69, 9.17) is 10.2 Å². The summed E-state index contributed by atoms with van der Waals surface area (Å²) >= 11 is 0. The molecule has 0 bridgehead atoms. The second-order valence-electron chi connectivity index (χ2n) is 5.17. The molecule has 2 rings (SSSR count). The molecule has 1 saturated carbocycles. The fraction of sp³-hybridized carbons (Fsp3) is 0.692. The van der Waals surface area contributed by atoms with Crippen molar-refractivity contribution in [1.29, 1.82) is 0 Å². The van der Waals surface area contributed by atoms with Crippen LogP contribution in [0.25, 0.3) is 0 Å². The number of furan rings is 1. The van der Waals surface area contributed by atoms with Crippen LogP contribution in [-0.2, 0) is 16.6 Å². The van der Waals surface area contributed by atoms with Gasteiger partial charge in [0.15, 0.2) is 0 Å². The van der Waals surface area contributed by atoms with Crippen molar-refractivity contribution in [3.8, 4) is 0 Å². The maximum absolute atomic E-state index is 12.1. The molecular formula is C13H22N2O3S. The Morgan fingerprint density at radius 1 is 1.32 bits per heavy atom. The monoisotopic (exact) mass is 286 g/mol. The minimum atomic E-state index is -3.55. The van der Waals surface area contributed by atoms with Gasteiger partial charge in [0.05, 0.1) is 6.54 Å². The van der Waals surface area contributed by atoms with E-state index in [0.717, 1.165) is 31.6 Å². The summed E-state index contributed by atoms with van der Waals surface area (Å²) in [6, 6.07) is 3.09. The van der Waals surface area contributed by atoms with Crippen molar-refractivity contribution in [3.63, 3.8) is 0 Å².